The second-order valence-electron chi connectivity index (χ2n) is 4.94. The third-order valence-corrected chi connectivity index (χ3v) is 4.03. The molecule has 0 aromatic heterocycles. The topological polar surface area (TPSA) is 20.3 Å². The van der Waals surface area contributed by atoms with Gasteiger partial charge in [-0.1, -0.05) is 13.3 Å². The van der Waals surface area contributed by atoms with Crippen LogP contribution in [0, 0.1) is 11.8 Å². The van der Waals surface area contributed by atoms with E-state index in [9.17, 15) is 4.79 Å². The fourth-order valence-corrected chi connectivity index (χ4v) is 2.85. The number of carbonyl (C=O) groups excluding carboxylic acids is 1. The van der Waals surface area contributed by atoms with Crippen molar-refractivity contribution in [1.82, 2.24) is 4.90 Å². The molecule has 0 amide bonds. The van der Waals surface area contributed by atoms with Crippen LogP contribution in [0.15, 0.2) is 0 Å². The minimum atomic E-state index is 0.372. The van der Waals surface area contributed by atoms with E-state index in [1.54, 1.807) is 0 Å². The van der Waals surface area contributed by atoms with E-state index in [-0.39, 0.29) is 0 Å². The summed E-state index contributed by atoms with van der Waals surface area (Å²) < 4.78 is 0. The maximum Gasteiger partial charge on any atom is 0.141 e. The molecule has 1 aliphatic heterocycles. The number of carbonyl (C=O) groups is 1. The minimum absolute atomic E-state index is 0.372. The van der Waals surface area contributed by atoms with E-state index in [0.717, 1.165) is 25.9 Å². The molecule has 1 saturated heterocycles. The number of rotatable bonds is 2. The first-order valence-corrected chi connectivity index (χ1v) is 6.00. The van der Waals surface area contributed by atoms with Crippen LogP contribution in [0.4, 0.5) is 0 Å². The quantitative estimate of drug-likeness (QED) is 0.672. The van der Waals surface area contributed by atoms with Crippen LogP contribution in [-0.4, -0.2) is 29.8 Å². The number of hydrogen-bond donors (Lipinski definition) is 0. The van der Waals surface area contributed by atoms with Gasteiger partial charge in [-0.2, -0.15) is 0 Å². The van der Waals surface area contributed by atoms with Gasteiger partial charge in [-0.05, 0) is 26.2 Å². The molecule has 0 aromatic rings. The molecule has 2 bridgehead atoms. The normalized spacial score (nSPS) is 35.7. The highest BCUT2D eigenvalue weighted by atomic mass is 16.1. The lowest BCUT2D eigenvalue weighted by molar-refractivity contribution is -0.135. The van der Waals surface area contributed by atoms with E-state index < -0.39 is 0 Å². The second kappa shape index (κ2) is 4.01. The highest BCUT2D eigenvalue weighted by Crippen LogP contribution is 2.32. The number of likely N-dealkylation sites (tertiary alicyclic amines) is 1. The summed E-state index contributed by atoms with van der Waals surface area (Å²) in [6.45, 7) is 6.58. The maximum atomic E-state index is 11.8. The lowest BCUT2D eigenvalue weighted by Crippen LogP contribution is -2.51. The monoisotopic (exact) mass is 195 g/mol. The molecule has 0 spiro atoms. The molecule has 0 aromatic carbocycles. The summed E-state index contributed by atoms with van der Waals surface area (Å²) in [5.41, 5.74) is 0. The molecular formula is C12H21NO. The zero-order valence-corrected chi connectivity index (χ0v) is 9.33. The molecule has 1 aliphatic carbocycles. The van der Waals surface area contributed by atoms with Crippen LogP contribution < -0.4 is 0 Å². The van der Waals surface area contributed by atoms with Crippen molar-refractivity contribution < 1.29 is 4.79 Å². The van der Waals surface area contributed by atoms with E-state index in [1.807, 2.05) is 0 Å². The Morgan fingerprint density at radius 1 is 1.36 bits per heavy atom. The van der Waals surface area contributed by atoms with Gasteiger partial charge in [0.25, 0.3) is 0 Å². The van der Waals surface area contributed by atoms with Crippen LogP contribution in [0.3, 0.4) is 0 Å². The fourth-order valence-electron chi connectivity index (χ4n) is 2.85. The van der Waals surface area contributed by atoms with E-state index >= 15 is 0 Å². The Hall–Kier alpha value is -0.370. The fraction of sp³-hybridized carbons (Fsp3) is 0.917. The summed E-state index contributed by atoms with van der Waals surface area (Å²) in [7, 11) is 0. The number of nitrogens with zero attached hydrogens (tertiary/aromatic N) is 1. The Bertz CT molecular complexity index is 210. The number of hydrogen-bond acceptors (Lipinski definition) is 2. The first-order chi connectivity index (χ1) is 6.72. The van der Waals surface area contributed by atoms with Gasteiger partial charge in [0.15, 0.2) is 0 Å². The molecule has 2 rings (SSSR count). The largest absolute Gasteiger partial charge is 0.299 e. The van der Waals surface area contributed by atoms with Crippen molar-refractivity contribution in [3.8, 4) is 0 Å². The summed E-state index contributed by atoms with van der Waals surface area (Å²) >= 11 is 0. The SMILES string of the molecule is CCC(C)N1CC2CCCC(C1)C2=O. The predicted octanol–water partition coefficient (Wildman–Crippen LogP) is 2.09. The number of ketones is 1. The Balaban J connectivity index is 2.03. The van der Waals surface area contributed by atoms with Crippen LogP contribution >= 0.6 is 0 Å². The van der Waals surface area contributed by atoms with Gasteiger partial charge in [0, 0.05) is 31.0 Å². The van der Waals surface area contributed by atoms with Crippen molar-refractivity contribution in [3.63, 3.8) is 0 Å². The molecular weight excluding hydrogens is 174 g/mol. The van der Waals surface area contributed by atoms with Gasteiger partial charge in [-0.15, -0.1) is 0 Å². The standard InChI is InChI=1S/C12H21NO/c1-3-9(2)13-7-10-5-4-6-11(8-13)12(10)14/h9-11H,3-8H2,1-2H3. The maximum absolute atomic E-state index is 11.8. The van der Waals surface area contributed by atoms with Crippen LogP contribution in [0.25, 0.3) is 0 Å². The van der Waals surface area contributed by atoms with Gasteiger partial charge in [-0.3, -0.25) is 9.69 Å². The third kappa shape index (κ3) is 1.72. The first kappa shape index (κ1) is 10.2. The predicted molar refractivity (Wildman–Crippen MR) is 57.2 cm³/mol. The van der Waals surface area contributed by atoms with Gasteiger partial charge in [0.05, 0.1) is 0 Å². The highest BCUT2D eigenvalue weighted by Gasteiger charge is 2.38. The molecule has 2 fully saturated rings. The van der Waals surface area contributed by atoms with Crippen molar-refractivity contribution in [1.29, 1.82) is 0 Å². The van der Waals surface area contributed by atoms with Crippen molar-refractivity contribution in [2.24, 2.45) is 11.8 Å². The second-order valence-corrected chi connectivity index (χ2v) is 4.94. The zero-order valence-electron chi connectivity index (χ0n) is 9.33. The summed E-state index contributed by atoms with van der Waals surface area (Å²) in [6, 6.07) is 0.659. The average molecular weight is 195 g/mol. The lowest BCUT2D eigenvalue weighted by atomic mass is 9.76. The van der Waals surface area contributed by atoms with Crippen molar-refractivity contribution in [2.45, 2.75) is 45.6 Å². The molecule has 0 N–H and O–H groups in total. The molecule has 2 nitrogen and oxygen atoms in total. The molecule has 2 aliphatic rings. The molecule has 1 heterocycles. The Morgan fingerprint density at radius 2 is 1.93 bits per heavy atom. The number of Topliss-reactive ketones (excluding diaryl/α,β-unsaturated/α-hetero) is 1. The first-order valence-electron chi connectivity index (χ1n) is 6.00. The summed E-state index contributed by atoms with van der Waals surface area (Å²) in [5.74, 6) is 1.31. The lowest BCUT2D eigenvalue weighted by Gasteiger charge is -2.42. The van der Waals surface area contributed by atoms with Crippen LogP contribution in [-0.2, 0) is 4.79 Å². The van der Waals surface area contributed by atoms with E-state index in [1.165, 1.54) is 12.8 Å². The van der Waals surface area contributed by atoms with Gasteiger partial charge in [0.2, 0.25) is 0 Å². The van der Waals surface area contributed by atoms with Crippen molar-refractivity contribution >= 4 is 5.78 Å². The smallest absolute Gasteiger partial charge is 0.141 e. The zero-order chi connectivity index (χ0) is 10.1. The van der Waals surface area contributed by atoms with Crippen LogP contribution in [0.5, 0.6) is 0 Å². The number of piperidine rings is 1. The van der Waals surface area contributed by atoms with Gasteiger partial charge >= 0.3 is 0 Å². The van der Waals surface area contributed by atoms with Crippen LogP contribution in [0.2, 0.25) is 0 Å². The Kier molecular flexibility index (Phi) is 2.91. The molecule has 3 unspecified atom stereocenters. The molecule has 2 heteroatoms. The molecule has 0 radical (unpaired) electrons. The van der Waals surface area contributed by atoms with Gasteiger partial charge in [0.1, 0.15) is 5.78 Å². The van der Waals surface area contributed by atoms with E-state index in [4.69, 9.17) is 0 Å². The van der Waals surface area contributed by atoms with E-state index in [0.29, 0.717) is 23.7 Å². The van der Waals surface area contributed by atoms with Crippen molar-refractivity contribution in [2.75, 3.05) is 13.1 Å². The molecule has 1 saturated carbocycles. The number of fused-ring (bicyclic) bond motifs is 2. The van der Waals surface area contributed by atoms with Crippen molar-refractivity contribution in [3.05, 3.63) is 0 Å². The summed E-state index contributed by atoms with van der Waals surface area (Å²) in [6.07, 6.45) is 4.76. The molecule has 80 valence electrons. The molecule has 14 heavy (non-hydrogen) atoms. The minimum Gasteiger partial charge on any atom is -0.299 e. The average Bonchev–Trinajstić information content (AvgIpc) is 2.16. The summed E-state index contributed by atoms with van der Waals surface area (Å²) in [5, 5.41) is 0. The Labute approximate surface area is 86.7 Å². The van der Waals surface area contributed by atoms with Crippen LogP contribution in [0.1, 0.15) is 39.5 Å². The third-order valence-electron chi connectivity index (χ3n) is 4.03. The highest BCUT2D eigenvalue weighted by molar-refractivity contribution is 5.85. The summed E-state index contributed by atoms with van der Waals surface area (Å²) in [4.78, 5) is 14.4. The molecule has 3 atom stereocenters. The Morgan fingerprint density at radius 3 is 2.43 bits per heavy atom. The van der Waals surface area contributed by atoms with Gasteiger partial charge in [-0.25, -0.2) is 0 Å². The van der Waals surface area contributed by atoms with E-state index in [2.05, 4.69) is 18.7 Å². The van der Waals surface area contributed by atoms with Gasteiger partial charge < -0.3 is 0 Å².